The van der Waals surface area contributed by atoms with E-state index in [0.29, 0.717) is 31.1 Å². The van der Waals surface area contributed by atoms with Crippen LogP contribution in [0.25, 0.3) is 0 Å². The van der Waals surface area contributed by atoms with Gasteiger partial charge in [0.05, 0.1) is 29.1 Å². The van der Waals surface area contributed by atoms with Crippen LogP contribution in [0.15, 0.2) is 53.4 Å². The second kappa shape index (κ2) is 10.0. The molecule has 8 nitrogen and oxygen atoms in total. The average Bonchev–Trinajstić information content (AvgIpc) is 3.43. The Hall–Kier alpha value is -2.14. The summed E-state index contributed by atoms with van der Waals surface area (Å²) in [7, 11) is -7.15. The normalized spacial score (nSPS) is 22.5. The molecule has 0 N–H and O–H groups in total. The van der Waals surface area contributed by atoms with Crippen molar-refractivity contribution in [2.45, 2.75) is 43.2 Å². The smallest absolute Gasteiger partial charge is 0.243 e. The molecule has 0 saturated carbocycles. The average molecular weight is 496 g/mol. The summed E-state index contributed by atoms with van der Waals surface area (Å²) in [5.74, 6) is 1.69. The van der Waals surface area contributed by atoms with Crippen LogP contribution in [0.3, 0.4) is 0 Å². The van der Waals surface area contributed by atoms with Gasteiger partial charge in [-0.3, -0.25) is 0 Å². The quantitative estimate of drug-likeness (QED) is 0.527. The van der Waals surface area contributed by atoms with Crippen molar-refractivity contribution >= 4 is 19.9 Å². The van der Waals surface area contributed by atoms with Crippen molar-refractivity contribution in [2.75, 3.05) is 31.3 Å². The minimum atomic E-state index is -3.91. The number of sulfone groups is 1. The van der Waals surface area contributed by atoms with Gasteiger partial charge in [0, 0.05) is 19.2 Å². The van der Waals surface area contributed by atoms with E-state index in [4.69, 9.17) is 14.2 Å². The van der Waals surface area contributed by atoms with Gasteiger partial charge in [0.2, 0.25) is 10.0 Å². The fourth-order valence-electron chi connectivity index (χ4n) is 4.16. The molecule has 2 heterocycles. The van der Waals surface area contributed by atoms with Crippen molar-refractivity contribution in [1.82, 2.24) is 4.31 Å². The van der Waals surface area contributed by atoms with E-state index < -0.39 is 25.9 Å². The summed E-state index contributed by atoms with van der Waals surface area (Å²) < 4.78 is 69.3. The van der Waals surface area contributed by atoms with Crippen LogP contribution in [0, 0.1) is 0 Å². The number of ether oxygens (including phenoxy) is 3. The maximum Gasteiger partial charge on any atom is 0.243 e. The zero-order valence-electron chi connectivity index (χ0n) is 18.6. The molecule has 2 saturated heterocycles. The minimum Gasteiger partial charge on any atom is -0.494 e. The van der Waals surface area contributed by atoms with E-state index in [1.54, 1.807) is 36.4 Å². The molecule has 4 rings (SSSR count). The highest BCUT2D eigenvalue weighted by Gasteiger charge is 2.40. The van der Waals surface area contributed by atoms with Gasteiger partial charge in [0.25, 0.3) is 0 Å². The van der Waals surface area contributed by atoms with Crippen molar-refractivity contribution in [1.29, 1.82) is 0 Å². The molecule has 2 aliphatic heterocycles. The Morgan fingerprint density at radius 3 is 2.18 bits per heavy atom. The third-order valence-corrected chi connectivity index (χ3v) is 9.51. The summed E-state index contributed by atoms with van der Waals surface area (Å²) in [4.78, 5) is 0.101. The molecule has 0 aliphatic carbocycles. The highest BCUT2D eigenvalue weighted by molar-refractivity contribution is 7.92. The summed E-state index contributed by atoms with van der Waals surface area (Å²) in [6.07, 6.45) is 1.72. The molecular weight excluding hydrogens is 466 g/mol. The largest absolute Gasteiger partial charge is 0.494 e. The lowest BCUT2D eigenvalue weighted by Crippen LogP contribution is -2.45. The van der Waals surface area contributed by atoms with Crippen molar-refractivity contribution < 1.29 is 31.0 Å². The molecule has 33 heavy (non-hydrogen) atoms. The first-order valence-corrected chi connectivity index (χ1v) is 14.4. The van der Waals surface area contributed by atoms with Crippen LogP contribution in [0.4, 0.5) is 0 Å². The van der Waals surface area contributed by atoms with E-state index in [0.717, 1.165) is 18.6 Å². The van der Waals surface area contributed by atoms with Crippen LogP contribution in [0.2, 0.25) is 0 Å². The summed E-state index contributed by atoms with van der Waals surface area (Å²) in [5.41, 5.74) is 0. The van der Waals surface area contributed by atoms with Gasteiger partial charge in [-0.2, -0.15) is 4.31 Å². The molecule has 0 radical (unpaired) electrons. The minimum absolute atomic E-state index is 0.00404. The SMILES string of the molecule is CCOc1ccc(Oc2ccc(S(=O)(=O)N(C[C@H]3CCCO3)[C@H]3CCS(=O)(=O)C3)cc2)cc1. The van der Waals surface area contributed by atoms with Crippen LogP contribution in [-0.2, 0) is 24.6 Å². The maximum absolute atomic E-state index is 13.5. The Kier molecular flexibility index (Phi) is 7.28. The molecule has 0 amide bonds. The fourth-order valence-corrected chi connectivity index (χ4v) is 7.67. The summed E-state index contributed by atoms with van der Waals surface area (Å²) in [6.45, 7) is 3.24. The molecule has 2 aromatic carbocycles. The Balaban J connectivity index is 1.52. The lowest BCUT2D eigenvalue weighted by Gasteiger charge is -2.29. The molecule has 2 aromatic rings. The van der Waals surface area contributed by atoms with Gasteiger partial charge in [-0.15, -0.1) is 0 Å². The van der Waals surface area contributed by atoms with Crippen LogP contribution >= 0.6 is 0 Å². The lowest BCUT2D eigenvalue weighted by molar-refractivity contribution is 0.0877. The van der Waals surface area contributed by atoms with E-state index in [-0.39, 0.29) is 29.0 Å². The van der Waals surface area contributed by atoms with E-state index in [9.17, 15) is 16.8 Å². The summed E-state index contributed by atoms with van der Waals surface area (Å²) in [5, 5.41) is 0. The number of nitrogens with zero attached hydrogens (tertiary/aromatic N) is 1. The van der Waals surface area contributed by atoms with Crippen molar-refractivity contribution in [2.24, 2.45) is 0 Å². The zero-order valence-corrected chi connectivity index (χ0v) is 20.2. The van der Waals surface area contributed by atoms with Gasteiger partial charge >= 0.3 is 0 Å². The highest BCUT2D eigenvalue weighted by Crippen LogP contribution is 2.30. The topological polar surface area (TPSA) is 99.2 Å². The first kappa shape index (κ1) is 24.0. The zero-order chi connectivity index (χ0) is 23.5. The Morgan fingerprint density at radius 1 is 1.00 bits per heavy atom. The number of sulfonamides is 1. The molecule has 0 spiro atoms. The number of hydrogen-bond donors (Lipinski definition) is 0. The van der Waals surface area contributed by atoms with Gasteiger partial charge in [-0.25, -0.2) is 16.8 Å². The second-order valence-corrected chi connectivity index (χ2v) is 12.4. The monoisotopic (exact) mass is 495 g/mol. The van der Waals surface area contributed by atoms with Crippen molar-refractivity contribution in [3.8, 4) is 17.2 Å². The number of hydrogen-bond acceptors (Lipinski definition) is 7. The van der Waals surface area contributed by atoms with E-state index >= 15 is 0 Å². The molecule has 0 aromatic heterocycles. The van der Waals surface area contributed by atoms with Crippen LogP contribution in [0.1, 0.15) is 26.2 Å². The first-order chi connectivity index (χ1) is 15.8. The van der Waals surface area contributed by atoms with Gasteiger partial charge < -0.3 is 14.2 Å². The van der Waals surface area contributed by atoms with E-state index in [1.807, 2.05) is 6.92 Å². The molecule has 10 heteroatoms. The number of benzene rings is 2. The Bertz CT molecular complexity index is 1140. The first-order valence-electron chi connectivity index (χ1n) is 11.1. The van der Waals surface area contributed by atoms with Crippen LogP contribution in [-0.4, -0.2) is 64.6 Å². The molecular formula is C23H29NO7S2. The number of rotatable bonds is 9. The van der Waals surface area contributed by atoms with Gasteiger partial charge in [-0.05, 0) is 74.7 Å². The van der Waals surface area contributed by atoms with Crippen molar-refractivity contribution in [3.63, 3.8) is 0 Å². The predicted molar refractivity (Wildman–Crippen MR) is 124 cm³/mol. The molecule has 2 atom stereocenters. The van der Waals surface area contributed by atoms with Gasteiger partial charge in [0.1, 0.15) is 17.2 Å². The van der Waals surface area contributed by atoms with Crippen LogP contribution in [0.5, 0.6) is 17.2 Å². The highest BCUT2D eigenvalue weighted by atomic mass is 32.2. The molecule has 0 unspecified atom stereocenters. The van der Waals surface area contributed by atoms with Crippen LogP contribution < -0.4 is 9.47 Å². The standard InChI is InChI=1S/C23H29NO7S2/c1-2-29-19-5-7-20(8-6-19)31-21-9-11-23(12-10-21)33(27,28)24(16-22-4-3-14-30-22)18-13-15-32(25,26)17-18/h5-12,18,22H,2-4,13-17H2,1H3/t18-,22+/m0/s1. The Morgan fingerprint density at radius 2 is 1.64 bits per heavy atom. The molecule has 2 aliphatic rings. The molecule has 180 valence electrons. The van der Waals surface area contributed by atoms with Gasteiger partial charge in [0.15, 0.2) is 9.84 Å². The van der Waals surface area contributed by atoms with E-state index in [2.05, 4.69) is 0 Å². The second-order valence-electron chi connectivity index (χ2n) is 8.24. The third kappa shape index (κ3) is 5.87. The van der Waals surface area contributed by atoms with E-state index in [1.165, 1.54) is 16.4 Å². The summed E-state index contributed by atoms with van der Waals surface area (Å²) in [6, 6.07) is 12.8. The maximum atomic E-state index is 13.5. The Labute approximate surface area is 195 Å². The molecule has 0 bridgehead atoms. The predicted octanol–water partition coefficient (Wildman–Crippen LogP) is 3.23. The third-order valence-electron chi connectivity index (χ3n) is 5.82. The van der Waals surface area contributed by atoms with Crippen molar-refractivity contribution in [3.05, 3.63) is 48.5 Å². The fraction of sp³-hybridized carbons (Fsp3) is 0.478. The summed E-state index contributed by atoms with van der Waals surface area (Å²) >= 11 is 0. The molecule has 2 fully saturated rings. The van der Waals surface area contributed by atoms with Gasteiger partial charge in [-0.1, -0.05) is 0 Å². The lowest BCUT2D eigenvalue weighted by atomic mass is 10.2.